The lowest BCUT2D eigenvalue weighted by atomic mass is 9.95. The van der Waals surface area contributed by atoms with Gasteiger partial charge in [-0.25, -0.2) is 17.5 Å². The minimum Gasteiger partial charge on any atom is -0.286 e. The molecule has 3 aromatic rings. The fraction of sp³-hybridized carbons (Fsp3) is 0.300. The second-order valence-corrected chi connectivity index (χ2v) is 10.2. The summed E-state index contributed by atoms with van der Waals surface area (Å²) in [5.74, 6) is -1.18. The predicted molar refractivity (Wildman–Crippen MR) is 112 cm³/mol. The average molecular weight is 492 g/mol. The normalized spacial score (nSPS) is 13.0. The molecule has 0 saturated carbocycles. The highest BCUT2D eigenvalue weighted by Crippen LogP contribution is 2.35. The van der Waals surface area contributed by atoms with Crippen LogP contribution in [0.3, 0.4) is 0 Å². The number of nitrogens with zero attached hydrogens (tertiary/aromatic N) is 2. The Bertz CT molecular complexity index is 1310. The van der Waals surface area contributed by atoms with Crippen LogP contribution in [-0.2, 0) is 16.6 Å². The number of alkyl halides is 3. The molecule has 2 heterocycles. The molecular weight excluding hydrogens is 474 g/mol. The molecule has 0 amide bonds. The first kappa shape index (κ1) is 24.1. The van der Waals surface area contributed by atoms with Crippen molar-refractivity contribution >= 4 is 38.4 Å². The van der Waals surface area contributed by atoms with E-state index >= 15 is 0 Å². The first-order valence-electron chi connectivity index (χ1n) is 9.17. The fourth-order valence-electron chi connectivity index (χ4n) is 3.04. The molecule has 0 spiro atoms. The van der Waals surface area contributed by atoms with Crippen molar-refractivity contribution in [2.45, 2.75) is 32.8 Å². The molecule has 0 aliphatic carbocycles. The maximum absolute atomic E-state index is 15.0. The number of pyridine rings is 1. The van der Waals surface area contributed by atoms with Crippen molar-refractivity contribution in [2.24, 2.45) is 5.41 Å². The number of sulfonamides is 1. The molecule has 0 fully saturated rings. The van der Waals surface area contributed by atoms with Gasteiger partial charge in [-0.3, -0.25) is 14.3 Å². The molecule has 12 heteroatoms. The van der Waals surface area contributed by atoms with Crippen LogP contribution in [-0.4, -0.2) is 29.4 Å². The van der Waals surface area contributed by atoms with E-state index in [-0.39, 0.29) is 27.1 Å². The molecule has 2 aromatic heterocycles. The molecular formula is C20H18ClF4N3O3S. The molecule has 0 saturated heterocycles. The lowest BCUT2D eigenvalue weighted by Crippen LogP contribution is -2.36. The van der Waals surface area contributed by atoms with Crippen LogP contribution in [0.4, 0.5) is 17.6 Å². The van der Waals surface area contributed by atoms with Gasteiger partial charge in [0.2, 0.25) is 5.91 Å². The number of hydrogen-bond donors (Lipinski definition) is 1. The number of carbonyl (C=O) groups is 1. The Kier molecular flexibility index (Phi) is 6.13. The maximum Gasteiger partial charge on any atom is 0.511 e. The molecule has 0 bridgehead atoms. The topological polar surface area (TPSA) is 81.1 Å². The third-order valence-corrected chi connectivity index (χ3v) is 6.09. The minimum absolute atomic E-state index is 0.00306. The number of benzene rings is 1. The van der Waals surface area contributed by atoms with E-state index in [2.05, 4.69) is 4.98 Å². The molecule has 0 atom stereocenters. The first-order valence-corrected chi connectivity index (χ1v) is 11.0. The third kappa shape index (κ3) is 4.50. The largest absolute Gasteiger partial charge is 0.511 e. The summed E-state index contributed by atoms with van der Waals surface area (Å²) < 4.78 is 78.5. The Labute approximate surface area is 186 Å². The maximum atomic E-state index is 15.0. The molecule has 32 heavy (non-hydrogen) atoms. The highest BCUT2D eigenvalue weighted by molar-refractivity contribution is 7.90. The Morgan fingerprint density at radius 3 is 2.41 bits per heavy atom. The second-order valence-electron chi connectivity index (χ2n) is 8.05. The zero-order valence-electron chi connectivity index (χ0n) is 17.1. The molecule has 1 N–H and O–H groups in total. The average Bonchev–Trinajstić information content (AvgIpc) is 3.01. The van der Waals surface area contributed by atoms with E-state index in [1.165, 1.54) is 40.0 Å². The van der Waals surface area contributed by atoms with Crippen LogP contribution in [0, 0.1) is 11.2 Å². The van der Waals surface area contributed by atoms with Crippen molar-refractivity contribution in [3.8, 4) is 11.1 Å². The highest BCUT2D eigenvalue weighted by Gasteiger charge is 2.45. The monoisotopic (exact) mass is 491 g/mol. The number of halogens is 5. The minimum atomic E-state index is -5.63. The van der Waals surface area contributed by atoms with Crippen molar-refractivity contribution in [1.29, 1.82) is 0 Å². The summed E-state index contributed by atoms with van der Waals surface area (Å²) in [6.07, 6.45) is 3.92. The fourth-order valence-corrected chi connectivity index (χ4v) is 3.77. The molecule has 0 unspecified atom stereocenters. The van der Waals surface area contributed by atoms with Gasteiger partial charge in [0.15, 0.2) is 0 Å². The van der Waals surface area contributed by atoms with Crippen LogP contribution < -0.4 is 4.72 Å². The van der Waals surface area contributed by atoms with Crippen molar-refractivity contribution in [2.75, 3.05) is 0 Å². The first-order chi connectivity index (χ1) is 14.6. The van der Waals surface area contributed by atoms with Gasteiger partial charge in [-0.2, -0.15) is 13.2 Å². The van der Waals surface area contributed by atoms with Gasteiger partial charge in [-0.05, 0) is 23.8 Å². The van der Waals surface area contributed by atoms with Crippen LogP contribution in [0.1, 0.15) is 31.1 Å². The predicted octanol–water partition coefficient (Wildman–Crippen LogP) is 5.12. The van der Waals surface area contributed by atoms with E-state index in [0.717, 1.165) is 6.07 Å². The molecule has 6 nitrogen and oxygen atoms in total. The molecule has 0 aliphatic rings. The Balaban J connectivity index is 2.21. The molecule has 1 aromatic carbocycles. The summed E-state index contributed by atoms with van der Waals surface area (Å²) in [7, 11) is -5.63. The van der Waals surface area contributed by atoms with Gasteiger partial charge >= 0.3 is 15.5 Å². The van der Waals surface area contributed by atoms with E-state index in [4.69, 9.17) is 11.6 Å². The quantitative estimate of drug-likeness (QED) is 0.513. The summed E-state index contributed by atoms with van der Waals surface area (Å²) in [6, 6.07) is 3.85. The summed E-state index contributed by atoms with van der Waals surface area (Å²) in [5, 5.41) is 0.239. The number of rotatable bonds is 4. The van der Waals surface area contributed by atoms with Crippen molar-refractivity contribution in [1.82, 2.24) is 14.3 Å². The lowest BCUT2D eigenvalue weighted by molar-refractivity contribution is -0.0448. The van der Waals surface area contributed by atoms with E-state index in [0.29, 0.717) is 5.56 Å². The number of fused-ring (bicyclic) bond motifs is 1. The molecule has 172 valence electrons. The lowest BCUT2D eigenvalue weighted by Gasteiger charge is -2.18. The number of carbonyl (C=O) groups excluding carboxylic acids is 1. The second kappa shape index (κ2) is 8.13. The Hall–Kier alpha value is -2.50. The van der Waals surface area contributed by atoms with Gasteiger partial charge in [-0.15, -0.1) is 0 Å². The smallest absolute Gasteiger partial charge is 0.286 e. The van der Waals surface area contributed by atoms with Crippen LogP contribution in [0.25, 0.3) is 22.0 Å². The summed E-state index contributed by atoms with van der Waals surface area (Å²) >= 11 is 6.12. The van der Waals surface area contributed by atoms with Gasteiger partial charge in [0.1, 0.15) is 5.82 Å². The Morgan fingerprint density at radius 2 is 1.84 bits per heavy atom. The van der Waals surface area contributed by atoms with E-state index < -0.39 is 39.2 Å². The Morgan fingerprint density at radius 1 is 1.19 bits per heavy atom. The van der Waals surface area contributed by atoms with Gasteiger partial charge in [0.25, 0.3) is 0 Å². The van der Waals surface area contributed by atoms with Gasteiger partial charge < -0.3 is 0 Å². The SMILES string of the molecule is CC(C)(C)C(=O)n1cc(CNS(=O)(=O)C(F)(F)F)c2cc(F)c(-c3ccncc3Cl)cc21. The van der Waals surface area contributed by atoms with Crippen molar-refractivity contribution in [3.05, 3.63) is 53.2 Å². The van der Waals surface area contributed by atoms with E-state index in [9.17, 15) is 30.8 Å². The summed E-state index contributed by atoms with van der Waals surface area (Å²) in [5.41, 5.74) is -5.86. The van der Waals surface area contributed by atoms with Crippen LogP contribution in [0.15, 0.2) is 36.8 Å². The number of hydrogen-bond acceptors (Lipinski definition) is 4. The zero-order chi connectivity index (χ0) is 24.1. The number of aromatic nitrogens is 2. The summed E-state index contributed by atoms with van der Waals surface area (Å²) in [6.45, 7) is 4.11. The van der Waals surface area contributed by atoms with E-state index in [1.54, 1.807) is 20.8 Å². The van der Waals surface area contributed by atoms with Crippen LogP contribution in [0.5, 0.6) is 0 Å². The van der Waals surface area contributed by atoms with Gasteiger partial charge in [0, 0.05) is 47.1 Å². The number of nitrogens with one attached hydrogen (secondary N) is 1. The highest BCUT2D eigenvalue weighted by atomic mass is 35.5. The molecule has 0 aliphatic heterocycles. The van der Waals surface area contributed by atoms with Crippen LogP contribution >= 0.6 is 11.6 Å². The van der Waals surface area contributed by atoms with Crippen molar-refractivity contribution < 1.29 is 30.8 Å². The third-order valence-electron chi connectivity index (χ3n) is 4.66. The summed E-state index contributed by atoms with van der Waals surface area (Å²) in [4.78, 5) is 16.8. The van der Waals surface area contributed by atoms with Crippen molar-refractivity contribution in [3.63, 3.8) is 0 Å². The molecule has 3 rings (SSSR count). The van der Waals surface area contributed by atoms with Gasteiger partial charge in [-0.1, -0.05) is 32.4 Å². The zero-order valence-corrected chi connectivity index (χ0v) is 18.7. The van der Waals surface area contributed by atoms with Crippen LogP contribution in [0.2, 0.25) is 5.02 Å². The standard InChI is InChI=1S/C20H18ClF4N3O3S/c1-19(2,3)18(29)28-10-11(8-27-32(30,31)20(23,24)25)13-6-16(22)14(7-17(13)28)12-4-5-26-9-15(12)21/h4-7,9-10,27H,8H2,1-3H3. The molecule has 0 radical (unpaired) electrons. The van der Waals surface area contributed by atoms with Gasteiger partial charge in [0.05, 0.1) is 10.5 Å². The van der Waals surface area contributed by atoms with E-state index in [1.807, 2.05) is 0 Å².